The number of aryl methyl sites for hydroxylation is 1. The van der Waals surface area contributed by atoms with Gasteiger partial charge in [0.15, 0.2) is 0 Å². The van der Waals surface area contributed by atoms with Gasteiger partial charge in [0.2, 0.25) is 0 Å². The molecule has 0 bridgehead atoms. The molecule has 1 atom stereocenters. The lowest BCUT2D eigenvalue weighted by Crippen LogP contribution is -2.39. The first kappa shape index (κ1) is 17.3. The first-order valence-corrected chi connectivity index (χ1v) is 8.55. The molecule has 1 aliphatic rings. The molecule has 0 spiro atoms. The molecule has 1 aromatic rings. The van der Waals surface area contributed by atoms with Crippen LogP contribution in [0.2, 0.25) is 0 Å². The summed E-state index contributed by atoms with van der Waals surface area (Å²) in [5, 5.41) is 9.45. The lowest BCUT2D eigenvalue weighted by atomic mass is 9.99. The van der Waals surface area contributed by atoms with E-state index in [-0.39, 0.29) is 11.5 Å². The highest BCUT2D eigenvalue weighted by Crippen LogP contribution is 2.21. The maximum Gasteiger partial charge on any atom is 0.264 e. The van der Waals surface area contributed by atoms with Gasteiger partial charge in [-0.3, -0.25) is 4.79 Å². The molecule has 23 heavy (non-hydrogen) atoms. The number of amides is 1. The number of piperidine rings is 1. The van der Waals surface area contributed by atoms with Crippen LogP contribution in [0.25, 0.3) is 6.08 Å². The molecule has 0 N–H and O–H groups in total. The Morgan fingerprint density at radius 3 is 2.83 bits per heavy atom. The van der Waals surface area contributed by atoms with Crippen LogP contribution in [0, 0.1) is 31.1 Å². The number of likely N-dealkylation sites (tertiary alicyclic amines) is 1. The summed E-state index contributed by atoms with van der Waals surface area (Å²) < 4.78 is 2.24. The predicted octanol–water partition coefficient (Wildman–Crippen LogP) is 3.68. The highest BCUT2D eigenvalue weighted by Gasteiger charge is 2.24. The molecule has 4 heteroatoms. The minimum absolute atomic E-state index is 0.126. The van der Waals surface area contributed by atoms with E-state index in [0.717, 1.165) is 50.2 Å². The van der Waals surface area contributed by atoms with E-state index in [0.29, 0.717) is 5.92 Å². The second-order valence-corrected chi connectivity index (χ2v) is 6.65. The quantitative estimate of drug-likeness (QED) is 0.629. The van der Waals surface area contributed by atoms with Gasteiger partial charge in [-0.05, 0) is 56.7 Å². The zero-order valence-corrected chi connectivity index (χ0v) is 14.7. The lowest BCUT2D eigenvalue weighted by molar-refractivity contribution is -0.128. The molecule has 0 saturated carbocycles. The molecule has 2 heterocycles. The summed E-state index contributed by atoms with van der Waals surface area (Å²) in [6.07, 6.45) is 5.01. The summed E-state index contributed by atoms with van der Waals surface area (Å²) in [6, 6.07) is 4.17. The fourth-order valence-electron chi connectivity index (χ4n) is 3.38. The van der Waals surface area contributed by atoms with E-state index < -0.39 is 0 Å². The van der Waals surface area contributed by atoms with Crippen molar-refractivity contribution in [3.05, 3.63) is 28.6 Å². The SMILES string of the molecule is CCCn1c(C)cc(/C=C(/C#N)C(=O)N2CCCC(C)C2)c1C. The predicted molar refractivity (Wildman–Crippen MR) is 92.8 cm³/mol. The van der Waals surface area contributed by atoms with Crippen molar-refractivity contribution in [2.75, 3.05) is 13.1 Å². The highest BCUT2D eigenvalue weighted by molar-refractivity contribution is 6.01. The third-order valence-electron chi connectivity index (χ3n) is 4.65. The van der Waals surface area contributed by atoms with Crippen molar-refractivity contribution in [3.63, 3.8) is 0 Å². The van der Waals surface area contributed by atoms with Crippen LogP contribution in [0.1, 0.15) is 50.1 Å². The first-order valence-electron chi connectivity index (χ1n) is 8.55. The average Bonchev–Trinajstić information content (AvgIpc) is 2.80. The summed E-state index contributed by atoms with van der Waals surface area (Å²) in [5.74, 6) is 0.390. The summed E-state index contributed by atoms with van der Waals surface area (Å²) >= 11 is 0. The first-order chi connectivity index (χ1) is 11.0. The fourth-order valence-corrected chi connectivity index (χ4v) is 3.38. The zero-order chi connectivity index (χ0) is 17.0. The number of hydrogen-bond acceptors (Lipinski definition) is 2. The number of nitrogens with zero attached hydrogens (tertiary/aromatic N) is 3. The van der Waals surface area contributed by atoms with Crippen LogP contribution in [0.3, 0.4) is 0 Å². The second kappa shape index (κ2) is 7.50. The third-order valence-corrected chi connectivity index (χ3v) is 4.65. The fraction of sp³-hybridized carbons (Fsp3) is 0.579. The molecule has 1 unspecified atom stereocenters. The van der Waals surface area contributed by atoms with Crippen LogP contribution >= 0.6 is 0 Å². The molecule has 0 aliphatic carbocycles. The lowest BCUT2D eigenvalue weighted by Gasteiger charge is -2.30. The molecule has 4 nitrogen and oxygen atoms in total. The van der Waals surface area contributed by atoms with E-state index in [1.165, 1.54) is 5.69 Å². The number of carbonyl (C=O) groups is 1. The van der Waals surface area contributed by atoms with Gasteiger partial charge in [-0.15, -0.1) is 0 Å². The van der Waals surface area contributed by atoms with Gasteiger partial charge in [0.1, 0.15) is 11.6 Å². The maximum atomic E-state index is 12.6. The molecule has 2 rings (SSSR count). The minimum Gasteiger partial charge on any atom is -0.349 e. The summed E-state index contributed by atoms with van der Waals surface area (Å²) in [5.41, 5.74) is 3.52. The van der Waals surface area contributed by atoms with Gasteiger partial charge in [-0.2, -0.15) is 5.26 Å². The molecule has 1 fully saturated rings. The second-order valence-electron chi connectivity index (χ2n) is 6.65. The largest absolute Gasteiger partial charge is 0.349 e. The molecule has 124 valence electrons. The van der Waals surface area contributed by atoms with Crippen LogP contribution in [0.15, 0.2) is 11.6 Å². The Morgan fingerprint density at radius 1 is 1.48 bits per heavy atom. The Morgan fingerprint density at radius 2 is 2.22 bits per heavy atom. The monoisotopic (exact) mass is 313 g/mol. The smallest absolute Gasteiger partial charge is 0.264 e. The molecule has 1 aromatic heterocycles. The van der Waals surface area contributed by atoms with Crippen LogP contribution in [-0.4, -0.2) is 28.5 Å². The number of carbonyl (C=O) groups excluding carboxylic acids is 1. The van der Waals surface area contributed by atoms with Gasteiger partial charge in [-0.25, -0.2) is 0 Å². The molecular weight excluding hydrogens is 286 g/mol. The Kier molecular flexibility index (Phi) is 5.65. The topological polar surface area (TPSA) is 49.0 Å². The van der Waals surface area contributed by atoms with Crippen molar-refractivity contribution in [1.82, 2.24) is 9.47 Å². The number of nitriles is 1. The van der Waals surface area contributed by atoms with Crippen LogP contribution in [0.4, 0.5) is 0 Å². The molecule has 1 amide bonds. The average molecular weight is 313 g/mol. The van der Waals surface area contributed by atoms with E-state index in [9.17, 15) is 10.1 Å². The van der Waals surface area contributed by atoms with Gasteiger partial charge in [-0.1, -0.05) is 13.8 Å². The number of aromatic nitrogens is 1. The van der Waals surface area contributed by atoms with E-state index in [1.807, 2.05) is 4.90 Å². The Labute approximate surface area is 139 Å². The van der Waals surface area contributed by atoms with Gasteiger partial charge in [0.05, 0.1) is 0 Å². The minimum atomic E-state index is -0.126. The van der Waals surface area contributed by atoms with Crippen molar-refractivity contribution in [1.29, 1.82) is 5.26 Å². The Balaban J connectivity index is 2.27. The molecule has 1 saturated heterocycles. The molecule has 0 aromatic carbocycles. The maximum absolute atomic E-state index is 12.6. The normalized spacial score (nSPS) is 18.8. The van der Waals surface area contributed by atoms with E-state index in [1.54, 1.807) is 6.08 Å². The van der Waals surface area contributed by atoms with Crippen molar-refractivity contribution in [2.45, 2.75) is 53.5 Å². The van der Waals surface area contributed by atoms with Crippen LogP contribution < -0.4 is 0 Å². The van der Waals surface area contributed by atoms with Gasteiger partial charge >= 0.3 is 0 Å². The van der Waals surface area contributed by atoms with E-state index in [2.05, 4.69) is 44.4 Å². The Hall–Kier alpha value is -2.02. The Bertz CT molecular complexity index is 648. The van der Waals surface area contributed by atoms with Crippen molar-refractivity contribution in [2.24, 2.45) is 5.92 Å². The standard InChI is InChI=1S/C19H27N3O/c1-5-8-22-15(3)10-17(16(22)4)11-18(12-20)19(23)21-9-6-7-14(2)13-21/h10-11,14H,5-9,13H2,1-4H3/b18-11-. The van der Waals surface area contributed by atoms with Crippen LogP contribution in [-0.2, 0) is 11.3 Å². The number of hydrogen-bond donors (Lipinski definition) is 0. The summed E-state index contributed by atoms with van der Waals surface area (Å²) in [6.45, 7) is 10.9. The van der Waals surface area contributed by atoms with Gasteiger partial charge in [0.25, 0.3) is 5.91 Å². The van der Waals surface area contributed by atoms with Crippen molar-refractivity contribution in [3.8, 4) is 6.07 Å². The third kappa shape index (κ3) is 3.85. The van der Waals surface area contributed by atoms with E-state index >= 15 is 0 Å². The summed E-state index contributed by atoms with van der Waals surface area (Å²) in [4.78, 5) is 14.5. The number of rotatable bonds is 4. The zero-order valence-electron chi connectivity index (χ0n) is 14.7. The molecule has 1 aliphatic heterocycles. The van der Waals surface area contributed by atoms with Crippen molar-refractivity contribution < 1.29 is 4.79 Å². The van der Waals surface area contributed by atoms with Gasteiger partial charge in [0, 0.05) is 31.0 Å². The summed E-state index contributed by atoms with van der Waals surface area (Å²) in [7, 11) is 0. The van der Waals surface area contributed by atoms with Gasteiger partial charge < -0.3 is 9.47 Å². The molecular formula is C19H27N3O. The van der Waals surface area contributed by atoms with E-state index in [4.69, 9.17) is 0 Å². The highest BCUT2D eigenvalue weighted by atomic mass is 16.2. The van der Waals surface area contributed by atoms with Crippen LogP contribution in [0.5, 0.6) is 0 Å². The molecule has 0 radical (unpaired) electrons. The van der Waals surface area contributed by atoms with Crippen molar-refractivity contribution >= 4 is 12.0 Å².